The van der Waals surface area contributed by atoms with Gasteiger partial charge in [-0.25, -0.2) is 0 Å². The van der Waals surface area contributed by atoms with Gasteiger partial charge in [-0.3, -0.25) is 14.4 Å². The van der Waals surface area contributed by atoms with Gasteiger partial charge in [0.2, 0.25) is 5.91 Å². The first-order valence-electron chi connectivity index (χ1n) is 9.93. The zero-order valence-corrected chi connectivity index (χ0v) is 16.9. The molecule has 3 N–H and O–H groups in total. The third-order valence-corrected chi connectivity index (χ3v) is 5.31. The average molecular weight is 376 g/mol. The van der Waals surface area contributed by atoms with Crippen LogP contribution in [0.25, 0.3) is 0 Å². The molecule has 0 aromatic carbocycles. The van der Waals surface area contributed by atoms with Gasteiger partial charge in [-0.2, -0.15) is 0 Å². The number of rotatable bonds is 6. The van der Waals surface area contributed by atoms with Crippen molar-refractivity contribution >= 4 is 17.6 Å². The number of nitrogens with one attached hydrogen (secondary N) is 3. The monoisotopic (exact) mass is 375 g/mol. The Morgan fingerprint density at radius 3 is 2.30 bits per heavy atom. The number of hydrogen-bond donors (Lipinski definition) is 3. The number of Topliss-reactive ketones (excluding diaryl/α,β-unsaturated/α-hetero) is 1. The number of carbonyl (C=O) groups is 3. The summed E-state index contributed by atoms with van der Waals surface area (Å²) in [7, 11) is 0. The highest BCUT2D eigenvalue weighted by molar-refractivity contribution is 5.98. The molecule has 6 heteroatoms. The minimum atomic E-state index is -0.629. The Bertz CT molecular complexity index is 625. The highest BCUT2D eigenvalue weighted by Crippen LogP contribution is 2.28. The van der Waals surface area contributed by atoms with Crippen LogP contribution in [0.2, 0.25) is 0 Å². The molecule has 0 bridgehead atoms. The summed E-state index contributed by atoms with van der Waals surface area (Å²) in [4.78, 5) is 37.8. The first-order valence-corrected chi connectivity index (χ1v) is 9.93. The fourth-order valence-corrected chi connectivity index (χ4v) is 3.86. The molecule has 0 radical (unpaired) electrons. The quantitative estimate of drug-likeness (QED) is 0.666. The predicted octanol–water partition coefficient (Wildman–Crippen LogP) is 2.56. The van der Waals surface area contributed by atoms with Gasteiger partial charge in [-0.05, 0) is 43.7 Å². The number of amides is 2. The maximum atomic E-state index is 13.1. The number of allylic oxidation sites excluding steroid dienone is 2. The average Bonchev–Trinajstić information content (AvgIpc) is 2.64. The van der Waals surface area contributed by atoms with Crippen LogP contribution in [-0.2, 0) is 14.4 Å². The molecule has 2 amide bonds. The van der Waals surface area contributed by atoms with Crippen LogP contribution < -0.4 is 16.0 Å². The Kier molecular flexibility index (Phi) is 7.22. The Morgan fingerprint density at radius 2 is 1.78 bits per heavy atom. The second kappa shape index (κ2) is 9.20. The topological polar surface area (TPSA) is 87.3 Å². The molecule has 2 rings (SSSR count). The van der Waals surface area contributed by atoms with Crippen LogP contribution in [0.5, 0.6) is 0 Å². The summed E-state index contributed by atoms with van der Waals surface area (Å²) in [5.41, 5.74) is 0.0750. The van der Waals surface area contributed by atoms with E-state index in [1.807, 2.05) is 26.8 Å². The second-order valence-electron chi connectivity index (χ2n) is 8.67. The Labute approximate surface area is 162 Å². The van der Waals surface area contributed by atoms with Crippen LogP contribution in [0.15, 0.2) is 24.0 Å². The summed E-state index contributed by atoms with van der Waals surface area (Å²) in [5.74, 6) is -0.529. The molecule has 6 nitrogen and oxygen atoms in total. The lowest BCUT2D eigenvalue weighted by atomic mass is 9.81. The lowest BCUT2D eigenvalue weighted by Crippen LogP contribution is -2.57. The lowest BCUT2D eigenvalue weighted by molar-refractivity contribution is -0.133. The molecule has 150 valence electrons. The Balaban J connectivity index is 2.15. The lowest BCUT2D eigenvalue weighted by Gasteiger charge is -2.34. The highest BCUT2D eigenvalue weighted by atomic mass is 16.2. The molecule has 1 heterocycles. The standard InChI is InChI=1S/C21H33N3O3/c1-14(25)18(21(2,3)4)24-20(27)17(15-10-6-5-7-11-15)23-19(26)16-12-8-9-13-22-16/h9,12-13,15,17-18,22H,5-8,10-11H2,1-4H3,(H,23,26)(H,24,27)/t17-,18+/m0/s1. The highest BCUT2D eigenvalue weighted by Gasteiger charge is 2.36. The molecule has 0 aromatic rings. The first-order chi connectivity index (χ1) is 12.7. The summed E-state index contributed by atoms with van der Waals surface area (Å²) >= 11 is 0. The van der Waals surface area contributed by atoms with Crippen molar-refractivity contribution in [1.29, 1.82) is 0 Å². The molecule has 0 spiro atoms. The minimum Gasteiger partial charge on any atom is -0.358 e. The van der Waals surface area contributed by atoms with Crippen LogP contribution in [0, 0.1) is 11.3 Å². The normalized spacial score (nSPS) is 20.1. The summed E-state index contributed by atoms with van der Waals surface area (Å²) in [6.45, 7) is 7.28. The zero-order valence-electron chi connectivity index (χ0n) is 16.9. The van der Waals surface area contributed by atoms with Gasteiger partial charge in [0.05, 0.1) is 6.04 Å². The van der Waals surface area contributed by atoms with E-state index in [4.69, 9.17) is 0 Å². The van der Waals surface area contributed by atoms with E-state index < -0.39 is 12.1 Å². The maximum absolute atomic E-state index is 13.1. The van der Waals surface area contributed by atoms with E-state index in [0.717, 1.165) is 32.1 Å². The molecule has 2 atom stereocenters. The first kappa shape index (κ1) is 21.2. The van der Waals surface area contributed by atoms with Crippen molar-refractivity contribution in [3.8, 4) is 0 Å². The molecule has 1 aliphatic heterocycles. The van der Waals surface area contributed by atoms with Crippen molar-refractivity contribution in [2.75, 3.05) is 0 Å². The molecule has 1 fully saturated rings. The Hall–Kier alpha value is -2.11. The molecule has 27 heavy (non-hydrogen) atoms. The molecule has 1 saturated carbocycles. The number of dihydropyridines is 1. The van der Waals surface area contributed by atoms with Gasteiger partial charge in [0.25, 0.3) is 5.91 Å². The van der Waals surface area contributed by atoms with Crippen molar-refractivity contribution in [1.82, 2.24) is 16.0 Å². The van der Waals surface area contributed by atoms with Crippen molar-refractivity contribution in [3.05, 3.63) is 24.0 Å². The van der Waals surface area contributed by atoms with Gasteiger partial charge in [0.1, 0.15) is 11.7 Å². The largest absolute Gasteiger partial charge is 0.358 e. The third-order valence-electron chi connectivity index (χ3n) is 5.31. The molecular weight excluding hydrogens is 342 g/mol. The molecule has 2 aliphatic rings. The maximum Gasteiger partial charge on any atom is 0.268 e. The van der Waals surface area contributed by atoms with Crippen LogP contribution in [0.4, 0.5) is 0 Å². The van der Waals surface area contributed by atoms with Gasteiger partial charge in [0.15, 0.2) is 5.78 Å². The van der Waals surface area contributed by atoms with E-state index >= 15 is 0 Å². The van der Waals surface area contributed by atoms with E-state index in [-0.39, 0.29) is 28.9 Å². The van der Waals surface area contributed by atoms with E-state index in [2.05, 4.69) is 16.0 Å². The number of ketones is 1. The second-order valence-corrected chi connectivity index (χ2v) is 8.67. The number of carbonyl (C=O) groups excluding carboxylic acids is 3. The SMILES string of the molecule is CC(=O)[C@@H](NC(=O)[C@@H](NC(=O)C1=CCC=CN1)C1CCCCC1)C(C)(C)C. The van der Waals surface area contributed by atoms with Crippen molar-refractivity contribution in [2.45, 2.75) is 78.3 Å². The molecule has 0 unspecified atom stereocenters. The molecular formula is C21H33N3O3. The third kappa shape index (κ3) is 5.94. The fraction of sp³-hybridized carbons (Fsp3) is 0.667. The van der Waals surface area contributed by atoms with E-state index in [0.29, 0.717) is 12.1 Å². The minimum absolute atomic E-state index is 0.0774. The molecule has 1 aliphatic carbocycles. The zero-order chi connectivity index (χ0) is 20.0. The summed E-state index contributed by atoms with van der Waals surface area (Å²) in [6.07, 6.45) is 11.2. The summed E-state index contributed by atoms with van der Waals surface area (Å²) in [5, 5.41) is 8.76. The van der Waals surface area contributed by atoms with Gasteiger partial charge in [-0.1, -0.05) is 52.2 Å². The van der Waals surface area contributed by atoms with E-state index in [1.54, 1.807) is 12.3 Å². The van der Waals surface area contributed by atoms with Crippen LogP contribution in [-0.4, -0.2) is 29.7 Å². The van der Waals surface area contributed by atoms with Crippen molar-refractivity contribution in [2.24, 2.45) is 11.3 Å². The van der Waals surface area contributed by atoms with E-state index in [9.17, 15) is 14.4 Å². The van der Waals surface area contributed by atoms with Crippen LogP contribution in [0.1, 0.15) is 66.2 Å². The van der Waals surface area contributed by atoms with Crippen LogP contribution in [0.3, 0.4) is 0 Å². The van der Waals surface area contributed by atoms with Gasteiger partial charge in [0, 0.05) is 0 Å². The van der Waals surface area contributed by atoms with Crippen molar-refractivity contribution in [3.63, 3.8) is 0 Å². The van der Waals surface area contributed by atoms with Gasteiger partial charge in [-0.15, -0.1) is 0 Å². The van der Waals surface area contributed by atoms with Gasteiger partial charge < -0.3 is 16.0 Å². The predicted molar refractivity (Wildman–Crippen MR) is 106 cm³/mol. The Morgan fingerprint density at radius 1 is 1.11 bits per heavy atom. The summed E-state index contributed by atoms with van der Waals surface area (Å²) < 4.78 is 0. The molecule has 0 aromatic heterocycles. The number of hydrogen-bond acceptors (Lipinski definition) is 4. The fourth-order valence-electron chi connectivity index (χ4n) is 3.86. The summed E-state index contributed by atoms with van der Waals surface area (Å²) in [6, 6.07) is -1.21. The van der Waals surface area contributed by atoms with Crippen LogP contribution >= 0.6 is 0 Å². The smallest absolute Gasteiger partial charge is 0.268 e. The van der Waals surface area contributed by atoms with E-state index in [1.165, 1.54) is 6.92 Å². The molecule has 0 saturated heterocycles. The van der Waals surface area contributed by atoms with Gasteiger partial charge >= 0.3 is 0 Å². The van der Waals surface area contributed by atoms with Crippen molar-refractivity contribution < 1.29 is 14.4 Å².